The monoisotopic (exact) mass is 270 g/mol. The Labute approximate surface area is 118 Å². The third-order valence-electron chi connectivity index (χ3n) is 3.12. The molecule has 0 aromatic carbocycles. The molecule has 1 N–H and O–H groups in total. The SMILES string of the molecule is C.CN=C(C)N1CCOCC1.CN=C(C)NC1CC1. The topological polar surface area (TPSA) is 49.2 Å². The van der Waals surface area contributed by atoms with E-state index in [0.29, 0.717) is 0 Å². The van der Waals surface area contributed by atoms with Crippen molar-refractivity contribution >= 4 is 11.7 Å². The van der Waals surface area contributed by atoms with Crippen LogP contribution in [0.3, 0.4) is 0 Å². The number of hydrogen-bond acceptors (Lipinski definition) is 3. The van der Waals surface area contributed by atoms with Crippen LogP contribution < -0.4 is 5.32 Å². The Morgan fingerprint density at radius 3 is 2.11 bits per heavy atom. The number of morpholine rings is 1. The maximum atomic E-state index is 5.20. The van der Waals surface area contributed by atoms with Crippen LogP contribution in [0.2, 0.25) is 0 Å². The Kier molecular flexibility index (Phi) is 9.21. The van der Waals surface area contributed by atoms with Gasteiger partial charge in [0.05, 0.1) is 24.9 Å². The van der Waals surface area contributed by atoms with Crippen LogP contribution in [0, 0.1) is 0 Å². The van der Waals surface area contributed by atoms with E-state index >= 15 is 0 Å². The van der Waals surface area contributed by atoms with E-state index < -0.39 is 0 Å². The van der Waals surface area contributed by atoms with Crippen LogP contribution in [0.5, 0.6) is 0 Å². The van der Waals surface area contributed by atoms with Gasteiger partial charge in [-0.2, -0.15) is 0 Å². The van der Waals surface area contributed by atoms with Gasteiger partial charge >= 0.3 is 0 Å². The lowest BCUT2D eigenvalue weighted by molar-refractivity contribution is 0.0678. The van der Waals surface area contributed by atoms with Crippen molar-refractivity contribution in [3.63, 3.8) is 0 Å². The highest BCUT2D eigenvalue weighted by Gasteiger charge is 2.20. The first-order chi connectivity index (χ1) is 8.67. The molecule has 5 heteroatoms. The zero-order valence-electron chi connectivity index (χ0n) is 12.1. The fourth-order valence-electron chi connectivity index (χ4n) is 1.62. The summed E-state index contributed by atoms with van der Waals surface area (Å²) in [4.78, 5) is 10.3. The van der Waals surface area contributed by atoms with Crippen LogP contribution in [0.25, 0.3) is 0 Å². The average molecular weight is 270 g/mol. The average Bonchev–Trinajstić information content (AvgIpc) is 3.23. The molecule has 112 valence electrons. The first-order valence-corrected chi connectivity index (χ1v) is 6.63. The molecule has 2 aliphatic rings. The number of aliphatic imine (C=N–C) groups is 2. The number of nitrogens with one attached hydrogen (secondary N) is 1. The minimum absolute atomic E-state index is 0. The van der Waals surface area contributed by atoms with E-state index in [1.54, 1.807) is 0 Å². The smallest absolute Gasteiger partial charge is 0.0955 e. The van der Waals surface area contributed by atoms with Gasteiger partial charge in [-0.1, -0.05) is 7.43 Å². The Morgan fingerprint density at radius 2 is 1.68 bits per heavy atom. The van der Waals surface area contributed by atoms with Gasteiger partial charge in [0.15, 0.2) is 0 Å². The lowest BCUT2D eigenvalue weighted by atomic mass is 10.4. The highest BCUT2D eigenvalue weighted by atomic mass is 16.5. The summed E-state index contributed by atoms with van der Waals surface area (Å²) in [5.41, 5.74) is 0. The molecule has 0 atom stereocenters. The quantitative estimate of drug-likeness (QED) is 0.584. The van der Waals surface area contributed by atoms with Crippen molar-refractivity contribution in [2.75, 3.05) is 40.4 Å². The number of amidine groups is 2. The first-order valence-electron chi connectivity index (χ1n) is 6.63. The summed E-state index contributed by atoms with van der Waals surface area (Å²) < 4.78 is 5.20. The molecule has 0 unspecified atom stereocenters. The largest absolute Gasteiger partial charge is 0.378 e. The third kappa shape index (κ3) is 7.82. The number of hydrogen-bond donors (Lipinski definition) is 1. The molecule has 1 aliphatic carbocycles. The standard InChI is InChI=1S/C7H14N2O.C6H12N2.CH4/c1-7(8-2)9-3-5-10-6-4-9;1-5(7-2)8-6-3-4-6;/h3-6H2,1-2H3;6H,3-4H2,1-2H3,(H,7,8);1H4. The van der Waals surface area contributed by atoms with Crippen LogP contribution in [0.1, 0.15) is 34.1 Å². The summed E-state index contributed by atoms with van der Waals surface area (Å²) in [6, 6.07) is 0.749. The van der Waals surface area contributed by atoms with Gasteiger partial charge < -0.3 is 15.0 Å². The fraction of sp³-hybridized carbons (Fsp3) is 0.857. The molecule has 1 saturated carbocycles. The third-order valence-corrected chi connectivity index (χ3v) is 3.12. The summed E-state index contributed by atoms with van der Waals surface area (Å²) in [7, 11) is 3.63. The summed E-state index contributed by atoms with van der Waals surface area (Å²) in [5, 5.41) is 3.25. The molecule has 0 spiro atoms. The van der Waals surface area contributed by atoms with E-state index in [0.717, 1.165) is 44.0 Å². The van der Waals surface area contributed by atoms with Gasteiger partial charge in [0, 0.05) is 33.2 Å². The predicted octanol–water partition coefficient (Wildman–Crippen LogP) is 1.79. The maximum Gasteiger partial charge on any atom is 0.0955 e. The number of rotatable bonds is 1. The van der Waals surface area contributed by atoms with E-state index in [-0.39, 0.29) is 7.43 Å². The normalized spacial score (nSPS) is 20.1. The van der Waals surface area contributed by atoms with Gasteiger partial charge in [0.2, 0.25) is 0 Å². The highest BCUT2D eigenvalue weighted by Crippen LogP contribution is 2.18. The van der Waals surface area contributed by atoms with Crippen molar-refractivity contribution in [3.05, 3.63) is 0 Å². The van der Waals surface area contributed by atoms with E-state index in [2.05, 4.69) is 20.2 Å². The summed E-state index contributed by atoms with van der Waals surface area (Å²) in [6.07, 6.45) is 2.65. The Hall–Kier alpha value is -1.10. The van der Waals surface area contributed by atoms with Crippen LogP contribution in [0.4, 0.5) is 0 Å². The summed E-state index contributed by atoms with van der Waals surface area (Å²) in [6.45, 7) is 7.69. The van der Waals surface area contributed by atoms with Crippen molar-refractivity contribution in [2.24, 2.45) is 9.98 Å². The second-order valence-corrected chi connectivity index (χ2v) is 4.60. The zero-order chi connectivity index (χ0) is 13.4. The van der Waals surface area contributed by atoms with Crippen molar-refractivity contribution in [2.45, 2.75) is 40.2 Å². The molecule has 2 fully saturated rings. The molecule has 1 heterocycles. The van der Waals surface area contributed by atoms with Gasteiger partial charge in [0.25, 0.3) is 0 Å². The highest BCUT2D eigenvalue weighted by molar-refractivity contribution is 5.80. The molecule has 1 saturated heterocycles. The van der Waals surface area contributed by atoms with Gasteiger partial charge in [-0.25, -0.2) is 0 Å². The molecule has 5 nitrogen and oxygen atoms in total. The van der Waals surface area contributed by atoms with Crippen molar-refractivity contribution in [1.29, 1.82) is 0 Å². The summed E-state index contributed by atoms with van der Waals surface area (Å²) in [5.74, 6) is 2.18. The second kappa shape index (κ2) is 9.78. The summed E-state index contributed by atoms with van der Waals surface area (Å²) >= 11 is 0. The maximum absolute atomic E-state index is 5.20. The molecule has 0 radical (unpaired) electrons. The minimum Gasteiger partial charge on any atom is -0.378 e. The molecular weight excluding hydrogens is 240 g/mol. The second-order valence-electron chi connectivity index (χ2n) is 4.60. The lowest BCUT2D eigenvalue weighted by Crippen LogP contribution is -2.39. The van der Waals surface area contributed by atoms with E-state index in [1.807, 2.05) is 27.9 Å². The van der Waals surface area contributed by atoms with Crippen LogP contribution in [-0.2, 0) is 4.74 Å². The predicted molar refractivity (Wildman–Crippen MR) is 83.3 cm³/mol. The van der Waals surface area contributed by atoms with Crippen molar-refractivity contribution in [1.82, 2.24) is 10.2 Å². The van der Waals surface area contributed by atoms with Crippen LogP contribution in [0.15, 0.2) is 9.98 Å². The van der Waals surface area contributed by atoms with E-state index in [9.17, 15) is 0 Å². The van der Waals surface area contributed by atoms with Crippen molar-refractivity contribution in [3.8, 4) is 0 Å². The van der Waals surface area contributed by atoms with Gasteiger partial charge in [0.1, 0.15) is 0 Å². The molecule has 1 aliphatic heterocycles. The Morgan fingerprint density at radius 1 is 1.11 bits per heavy atom. The lowest BCUT2D eigenvalue weighted by Gasteiger charge is -2.27. The molecule has 0 aromatic heterocycles. The number of ether oxygens (including phenoxy) is 1. The Bertz CT molecular complexity index is 292. The van der Waals surface area contributed by atoms with Crippen LogP contribution in [-0.4, -0.2) is 63.0 Å². The van der Waals surface area contributed by atoms with E-state index in [1.165, 1.54) is 12.8 Å². The van der Waals surface area contributed by atoms with E-state index in [4.69, 9.17) is 4.74 Å². The Balaban J connectivity index is 0.000000331. The zero-order valence-corrected chi connectivity index (χ0v) is 12.1. The molecule has 0 bridgehead atoms. The van der Waals surface area contributed by atoms with Gasteiger partial charge in [-0.3, -0.25) is 9.98 Å². The van der Waals surface area contributed by atoms with Crippen LogP contribution >= 0.6 is 0 Å². The molecule has 0 amide bonds. The molecule has 2 rings (SSSR count). The van der Waals surface area contributed by atoms with Gasteiger partial charge in [-0.15, -0.1) is 0 Å². The number of nitrogens with zero attached hydrogens (tertiary/aromatic N) is 3. The molecule has 19 heavy (non-hydrogen) atoms. The van der Waals surface area contributed by atoms with Crippen molar-refractivity contribution < 1.29 is 4.74 Å². The van der Waals surface area contributed by atoms with Gasteiger partial charge in [-0.05, 0) is 26.7 Å². The molecule has 0 aromatic rings. The first kappa shape index (κ1) is 17.9. The fourth-order valence-corrected chi connectivity index (χ4v) is 1.62. The minimum atomic E-state index is 0. The molecular formula is C14H30N4O.